The van der Waals surface area contributed by atoms with Gasteiger partial charge in [0.15, 0.2) is 0 Å². The van der Waals surface area contributed by atoms with Crippen LogP contribution >= 0.6 is 0 Å². The number of aromatic nitrogens is 2. The van der Waals surface area contributed by atoms with Gasteiger partial charge in [0.25, 0.3) is 0 Å². The van der Waals surface area contributed by atoms with E-state index in [0.29, 0.717) is 11.9 Å². The lowest BCUT2D eigenvalue weighted by molar-refractivity contribution is 0.391. The third kappa shape index (κ3) is 3.35. The Bertz CT molecular complexity index is 522. The maximum absolute atomic E-state index is 5.27. The van der Waals surface area contributed by atoms with Crippen molar-refractivity contribution in [3.8, 4) is 5.88 Å². The molecular formula is C15H21N3O. The number of pyridine rings is 1. The number of rotatable bonds is 6. The fourth-order valence-corrected chi connectivity index (χ4v) is 2.16. The summed E-state index contributed by atoms with van der Waals surface area (Å²) in [5, 5.41) is 3.41. The fraction of sp³-hybridized carbons (Fsp3) is 0.400. The Labute approximate surface area is 114 Å². The van der Waals surface area contributed by atoms with Gasteiger partial charge in [0.1, 0.15) is 0 Å². The van der Waals surface area contributed by atoms with E-state index >= 15 is 0 Å². The second-order valence-electron chi connectivity index (χ2n) is 4.57. The molecule has 1 atom stereocenters. The summed E-state index contributed by atoms with van der Waals surface area (Å²) in [6.07, 6.45) is 6.01. The van der Waals surface area contributed by atoms with E-state index < -0.39 is 0 Å². The van der Waals surface area contributed by atoms with E-state index in [1.165, 1.54) is 5.56 Å². The molecule has 2 heterocycles. The Kier molecular flexibility index (Phi) is 4.58. The lowest BCUT2D eigenvalue weighted by atomic mass is 10.2. The highest BCUT2D eigenvalue weighted by atomic mass is 16.5. The highest BCUT2D eigenvalue weighted by Crippen LogP contribution is 2.17. The molecule has 1 N–H and O–H groups in total. The Morgan fingerprint density at radius 3 is 3.00 bits per heavy atom. The van der Waals surface area contributed by atoms with Crippen molar-refractivity contribution in [1.29, 1.82) is 0 Å². The number of nitrogens with zero attached hydrogens (tertiary/aromatic N) is 2. The molecule has 0 aliphatic heterocycles. The molecule has 2 aromatic rings. The molecular weight excluding hydrogens is 238 g/mol. The molecule has 2 rings (SSSR count). The Balaban J connectivity index is 2.11. The topological polar surface area (TPSA) is 39.1 Å². The van der Waals surface area contributed by atoms with Crippen LogP contribution in [0, 0.1) is 0 Å². The second kappa shape index (κ2) is 6.38. The van der Waals surface area contributed by atoms with E-state index in [2.05, 4.69) is 47.2 Å². The maximum Gasteiger partial charge on any atom is 0.218 e. The predicted molar refractivity (Wildman–Crippen MR) is 76.4 cm³/mol. The van der Waals surface area contributed by atoms with E-state index in [-0.39, 0.29) is 0 Å². The minimum atomic E-state index is 0.377. The van der Waals surface area contributed by atoms with Gasteiger partial charge in [-0.05, 0) is 31.2 Å². The molecule has 102 valence electrons. The van der Waals surface area contributed by atoms with Crippen LogP contribution in [-0.2, 0) is 6.54 Å². The number of hydrogen-bond acceptors (Lipinski definition) is 3. The van der Waals surface area contributed by atoms with Crippen LogP contribution in [-0.4, -0.2) is 23.2 Å². The van der Waals surface area contributed by atoms with Crippen LogP contribution in [0.15, 0.2) is 36.8 Å². The molecule has 4 heteroatoms. The molecule has 2 aromatic heterocycles. The van der Waals surface area contributed by atoms with Crippen molar-refractivity contribution in [2.45, 2.75) is 26.4 Å². The summed E-state index contributed by atoms with van der Waals surface area (Å²) in [5.41, 5.74) is 2.38. The van der Waals surface area contributed by atoms with Gasteiger partial charge in [-0.1, -0.05) is 13.0 Å². The van der Waals surface area contributed by atoms with Crippen molar-refractivity contribution >= 4 is 0 Å². The van der Waals surface area contributed by atoms with Gasteiger partial charge in [-0.15, -0.1) is 0 Å². The van der Waals surface area contributed by atoms with Crippen LogP contribution in [0.1, 0.15) is 31.0 Å². The van der Waals surface area contributed by atoms with E-state index in [0.717, 1.165) is 18.7 Å². The van der Waals surface area contributed by atoms with E-state index in [1.54, 1.807) is 13.3 Å². The van der Waals surface area contributed by atoms with Crippen molar-refractivity contribution in [3.05, 3.63) is 47.9 Å². The second-order valence-corrected chi connectivity index (χ2v) is 4.57. The smallest absolute Gasteiger partial charge is 0.218 e. The van der Waals surface area contributed by atoms with E-state index in [1.807, 2.05) is 12.1 Å². The van der Waals surface area contributed by atoms with Gasteiger partial charge in [-0.25, -0.2) is 4.98 Å². The molecule has 0 spiro atoms. The van der Waals surface area contributed by atoms with Gasteiger partial charge in [0, 0.05) is 30.2 Å². The van der Waals surface area contributed by atoms with Crippen molar-refractivity contribution in [2.75, 3.05) is 13.7 Å². The molecule has 0 saturated heterocycles. The molecule has 0 bridgehead atoms. The van der Waals surface area contributed by atoms with Gasteiger partial charge in [-0.3, -0.25) is 0 Å². The molecule has 0 aromatic carbocycles. The first-order valence-electron chi connectivity index (χ1n) is 6.61. The zero-order valence-electron chi connectivity index (χ0n) is 11.8. The lowest BCUT2D eigenvalue weighted by Gasteiger charge is -2.10. The SMILES string of the molecule is CCNC(C)c1ccn(Cc2cccnc2OC)c1. The third-order valence-electron chi connectivity index (χ3n) is 3.18. The number of hydrogen-bond donors (Lipinski definition) is 1. The summed E-state index contributed by atoms with van der Waals surface area (Å²) in [7, 11) is 1.65. The van der Waals surface area contributed by atoms with Crippen molar-refractivity contribution < 1.29 is 4.74 Å². The van der Waals surface area contributed by atoms with Crippen LogP contribution in [0.25, 0.3) is 0 Å². The molecule has 0 aliphatic rings. The summed E-state index contributed by atoms with van der Waals surface area (Å²) in [5.74, 6) is 0.692. The molecule has 0 amide bonds. The van der Waals surface area contributed by atoms with E-state index in [9.17, 15) is 0 Å². The van der Waals surface area contributed by atoms with Crippen LogP contribution < -0.4 is 10.1 Å². The third-order valence-corrected chi connectivity index (χ3v) is 3.18. The molecule has 19 heavy (non-hydrogen) atoms. The minimum absolute atomic E-state index is 0.377. The van der Waals surface area contributed by atoms with Crippen LogP contribution in [0.2, 0.25) is 0 Å². The van der Waals surface area contributed by atoms with Gasteiger partial charge in [-0.2, -0.15) is 0 Å². The van der Waals surface area contributed by atoms with Gasteiger partial charge in [0.2, 0.25) is 5.88 Å². The maximum atomic E-state index is 5.27. The number of nitrogens with one attached hydrogen (secondary N) is 1. The molecule has 0 aliphatic carbocycles. The largest absolute Gasteiger partial charge is 0.481 e. The summed E-state index contributed by atoms with van der Waals surface area (Å²) >= 11 is 0. The first-order valence-corrected chi connectivity index (χ1v) is 6.61. The normalized spacial score (nSPS) is 12.4. The first-order chi connectivity index (χ1) is 9.24. The predicted octanol–water partition coefficient (Wildman–Crippen LogP) is 2.61. The quantitative estimate of drug-likeness (QED) is 0.866. The number of ether oxygens (including phenoxy) is 1. The average molecular weight is 259 g/mol. The van der Waals surface area contributed by atoms with Crippen molar-refractivity contribution in [2.24, 2.45) is 0 Å². The van der Waals surface area contributed by atoms with Crippen LogP contribution in [0.4, 0.5) is 0 Å². The fourth-order valence-electron chi connectivity index (χ4n) is 2.16. The molecule has 1 unspecified atom stereocenters. The Hall–Kier alpha value is -1.81. The molecule has 0 fully saturated rings. The molecule has 0 saturated carbocycles. The van der Waals surface area contributed by atoms with Gasteiger partial charge >= 0.3 is 0 Å². The van der Waals surface area contributed by atoms with Gasteiger partial charge < -0.3 is 14.6 Å². The standard InChI is InChI=1S/C15H21N3O/c1-4-16-12(2)13-7-9-18(10-13)11-14-6-5-8-17-15(14)19-3/h5-10,12,16H,4,11H2,1-3H3. The molecule has 4 nitrogen and oxygen atoms in total. The van der Waals surface area contributed by atoms with E-state index in [4.69, 9.17) is 4.74 Å². The Morgan fingerprint density at radius 1 is 1.42 bits per heavy atom. The Morgan fingerprint density at radius 2 is 2.26 bits per heavy atom. The van der Waals surface area contributed by atoms with Crippen LogP contribution in [0.3, 0.4) is 0 Å². The lowest BCUT2D eigenvalue weighted by Crippen LogP contribution is -2.17. The summed E-state index contributed by atoms with van der Waals surface area (Å²) in [6.45, 7) is 6.04. The monoisotopic (exact) mass is 259 g/mol. The summed E-state index contributed by atoms with van der Waals surface area (Å²) < 4.78 is 7.43. The average Bonchev–Trinajstić information content (AvgIpc) is 2.88. The zero-order valence-corrected chi connectivity index (χ0v) is 11.8. The first kappa shape index (κ1) is 13.6. The highest BCUT2D eigenvalue weighted by molar-refractivity contribution is 5.26. The zero-order chi connectivity index (χ0) is 13.7. The highest BCUT2D eigenvalue weighted by Gasteiger charge is 2.07. The van der Waals surface area contributed by atoms with Crippen molar-refractivity contribution in [1.82, 2.24) is 14.9 Å². The van der Waals surface area contributed by atoms with Crippen LogP contribution in [0.5, 0.6) is 5.88 Å². The summed E-state index contributed by atoms with van der Waals surface area (Å²) in [6, 6.07) is 6.50. The molecule has 0 radical (unpaired) electrons. The minimum Gasteiger partial charge on any atom is -0.481 e. The summed E-state index contributed by atoms with van der Waals surface area (Å²) in [4.78, 5) is 4.22. The van der Waals surface area contributed by atoms with Gasteiger partial charge in [0.05, 0.1) is 13.7 Å². The van der Waals surface area contributed by atoms with Crippen molar-refractivity contribution in [3.63, 3.8) is 0 Å². The number of methoxy groups -OCH3 is 1.